The fourth-order valence-electron chi connectivity index (χ4n) is 1.72. The van der Waals surface area contributed by atoms with Crippen LogP contribution in [0.25, 0.3) is 0 Å². The Bertz CT molecular complexity index is 594. The molecule has 20 heavy (non-hydrogen) atoms. The predicted octanol–water partition coefficient (Wildman–Crippen LogP) is 4.66. The van der Waals surface area contributed by atoms with E-state index in [9.17, 15) is 0 Å². The van der Waals surface area contributed by atoms with Gasteiger partial charge in [-0.1, -0.05) is 29.3 Å². The minimum Gasteiger partial charge on any atom is -0.368 e. The maximum absolute atomic E-state index is 6.13. The quantitative estimate of drug-likeness (QED) is 0.862. The molecule has 2 aromatic rings. The van der Waals surface area contributed by atoms with Crippen LogP contribution in [0.4, 0.5) is 17.5 Å². The second-order valence-electron chi connectivity index (χ2n) is 4.74. The molecule has 0 aliphatic carbocycles. The largest absolute Gasteiger partial charge is 0.368 e. The van der Waals surface area contributed by atoms with Gasteiger partial charge in [-0.25, -0.2) is 4.98 Å². The van der Waals surface area contributed by atoms with Gasteiger partial charge in [0.1, 0.15) is 5.82 Å². The van der Waals surface area contributed by atoms with Gasteiger partial charge in [-0.05, 0) is 32.9 Å². The molecule has 6 heteroatoms. The number of hydrogen-bond acceptors (Lipinski definition) is 4. The number of aromatic nitrogens is 2. The van der Waals surface area contributed by atoms with Gasteiger partial charge in [0.05, 0.1) is 15.7 Å². The van der Waals surface area contributed by atoms with Gasteiger partial charge in [0.25, 0.3) is 0 Å². The van der Waals surface area contributed by atoms with Crippen molar-refractivity contribution in [1.82, 2.24) is 9.97 Å². The highest BCUT2D eigenvalue weighted by molar-refractivity contribution is 6.39. The highest BCUT2D eigenvalue weighted by Gasteiger charge is 2.09. The highest BCUT2D eigenvalue weighted by atomic mass is 35.5. The van der Waals surface area contributed by atoms with E-state index in [1.54, 1.807) is 18.2 Å². The number of para-hydroxylation sites is 1. The van der Waals surface area contributed by atoms with Gasteiger partial charge in [0, 0.05) is 17.8 Å². The molecule has 106 valence electrons. The number of aryl methyl sites for hydroxylation is 1. The monoisotopic (exact) mass is 310 g/mol. The van der Waals surface area contributed by atoms with Gasteiger partial charge < -0.3 is 10.6 Å². The number of anilines is 3. The van der Waals surface area contributed by atoms with Crippen LogP contribution in [-0.4, -0.2) is 16.0 Å². The average molecular weight is 311 g/mol. The number of benzene rings is 1. The van der Waals surface area contributed by atoms with Crippen molar-refractivity contribution < 1.29 is 0 Å². The normalized spacial score (nSPS) is 10.7. The van der Waals surface area contributed by atoms with Crippen molar-refractivity contribution in [2.24, 2.45) is 0 Å². The highest BCUT2D eigenvalue weighted by Crippen LogP contribution is 2.31. The topological polar surface area (TPSA) is 49.8 Å². The maximum Gasteiger partial charge on any atom is 0.229 e. The summed E-state index contributed by atoms with van der Waals surface area (Å²) in [7, 11) is 0. The molecule has 1 aromatic carbocycles. The summed E-state index contributed by atoms with van der Waals surface area (Å²) in [5, 5.41) is 7.37. The van der Waals surface area contributed by atoms with Crippen LogP contribution in [-0.2, 0) is 0 Å². The second kappa shape index (κ2) is 6.29. The molecule has 0 amide bonds. The van der Waals surface area contributed by atoms with E-state index in [0.717, 1.165) is 11.5 Å². The zero-order valence-electron chi connectivity index (χ0n) is 11.5. The predicted molar refractivity (Wildman–Crippen MR) is 85.3 cm³/mol. The summed E-state index contributed by atoms with van der Waals surface area (Å²) in [4.78, 5) is 8.74. The summed E-state index contributed by atoms with van der Waals surface area (Å²) in [5.41, 5.74) is 1.46. The van der Waals surface area contributed by atoms with E-state index in [0.29, 0.717) is 27.7 Å². The Morgan fingerprint density at radius 1 is 1.10 bits per heavy atom. The Kier molecular flexibility index (Phi) is 4.68. The molecule has 0 unspecified atom stereocenters. The summed E-state index contributed by atoms with van der Waals surface area (Å²) in [6.45, 7) is 6.01. The third-order valence-electron chi connectivity index (χ3n) is 2.49. The van der Waals surface area contributed by atoms with Gasteiger partial charge in [0.15, 0.2) is 0 Å². The maximum atomic E-state index is 6.13. The van der Waals surface area contributed by atoms with E-state index in [2.05, 4.69) is 34.4 Å². The van der Waals surface area contributed by atoms with Crippen LogP contribution in [0, 0.1) is 6.92 Å². The molecule has 0 fully saturated rings. The molecule has 0 saturated heterocycles. The molecule has 0 aliphatic rings. The minimum absolute atomic E-state index is 0.293. The lowest BCUT2D eigenvalue weighted by Crippen LogP contribution is -2.12. The van der Waals surface area contributed by atoms with Crippen LogP contribution >= 0.6 is 23.2 Å². The first-order valence-corrected chi connectivity index (χ1v) is 7.04. The summed E-state index contributed by atoms with van der Waals surface area (Å²) in [5.74, 6) is 1.22. The third-order valence-corrected chi connectivity index (χ3v) is 3.12. The van der Waals surface area contributed by atoms with Crippen LogP contribution < -0.4 is 10.6 Å². The average Bonchev–Trinajstić information content (AvgIpc) is 2.32. The summed E-state index contributed by atoms with van der Waals surface area (Å²) < 4.78 is 0. The van der Waals surface area contributed by atoms with Crippen molar-refractivity contribution in [3.63, 3.8) is 0 Å². The van der Waals surface area contributed by atoms with E-state index >= 15 is 0 Å². The summed E-state index contributed by atoms with van der Waals surface area (Å²) in [6, 6.07) is 7.50. The zero-order valence-corrected chi connectivity index (χ0v) is 13.0. The molecular formula is C14H16Cl2N4. The van der Waals surface area contributed by atoms with Gasteiger partial charge in [0.2, 0.25) is 5.95 Å². The SMILES string of the molecule is Cc1cc(NC(C)C)nc(Nc2c(Cl)cccc2Cl)n1. The molecule has 2 rings (SSSR count). The van der Waals surface area contributed by atoms with Crippen LogP contribution in [0.3, 0.4) is 0 Å². The molecule has 0 bridgehead atoms. The molecule has 4 nitrogen and oxygen atoms in total. The Labute approximate surface area is 128 Å². The van der Waals surface area contributed by atoms with Crippen LogP contribution in [0.5, 0.6) is 0 Å². The lowest BCUT2D eigenvalue weighted by Gasteiger charge is -2.13. The molecule has 0 spiro atoms. The number of nitrogens with one attached hydrogen (secondary N) is 2. The van der Waals surface area contributed by atoms with E-state index in [4.69, 9.17) is 23.2 Å². The fraction of sp³-hybridized carbons (Fsp3) is 0.286. The van der Waals surface area contributed by atoms with Crippen LogP contribution in [0.2, 0.25) is 10.0 Å². The van der Waals surface area contributed by atoms with Crippen molar-refractivity contribution in [1.29, 1.82) is 0 Å². The smallest absolute Gasteiger partial charge is 0.229 e. The van der Waals surface area contributed by atoms with Gasteiger partial charge in [-0.3, -0.25) is 0 Å². The summed E-state index contributed by atoms with van der Waals surface area (Å²) in [6.07, 6.45) is 0. The molecule has 0 aliphatic heterocycles. The molecular weight excluding hydrogens is 295 g/mol. The van der Waals surface area contributed by atoms with E-state index in [1.165, 1.54) is 0 Å². The Morgan fingerprint density at radius 3 is 2.35 bits per heavy atom. The van der Waals surface area contributed by atoms with E-state index in [1.807, 2.05) is 13.0 Å². The molecule has 1 heterocycles. The van der Waals surface area contributed by atoms with Crippen molar-refractivity contribution in [2.45, 2.75) is 26.8 Å². The van der Waals surface area contributed by atoms with Gasteiger partial charge >= 0.3 is 0 Å². The molecule has 0 radical (unpaired) electrons. The first-order valence-electron chi connectivity index (χ1n) is 6.29. The third kappa shape index (κ3) is 3.74. The number of rotatable bonds is 4. The summed E-state index contributed by atoms with van der Waals surface area (Å²) >= 11 is 12.3. The van der Waals surface area contributed by atoms with Crippen molar-refractivity contribution in [3.05, 3.63) is 40.0 Å². The molecule has 1 aromatic heterocycles. The molecule has 0 saturated carbocycles. The number of halogens is 2. The van der Waals surface area contributed by atoms with Crippen LogP contribution in [0.15, 0.2) is 24.3 Å². The Hall–Kier alpha value is -1.52. The van der Waals surface area contributed by atoms with E-state index in [-0.39, 0.29) is 0 Å². The van der Waals surface area contributed by atoms with Crippen molar-refractivity contribution in [2.75, 3.05) is 10.6 Å². The second-order valence-corrected chi connectivity index (χ2v) is 5.55. The first-order chi connectivity index (χ1) is 9.45. The zero-order chi connectivity index (χ0) is 14.7. The van der Waals surface area contributed by atoms with E-state index < -0.39 is 0 Å². The molecule has 2 N–H and O–H groups in total. The minimum atomic E-state index is 0.293. The number of nitrogens with zero attached hydrogens (tertiary/aromatic N) is 2. The van der Waals surface area contributed by atoms with Crippen LogP contribution in [0.1, 0.15) is 19.5 Å². The van der Waals surface area contributed by atoms with Crippen molar-refractivity contribution in [3.8, 4) is 0 Å². The fourth-order valence-corrected chi connectivity index (χ4v) is 2.22. The standard InChI is InChI=1S/C14H16Cl2N4/c1-8(2)17-12-7-9(3)18-14(19-12)20-13-10(15)5-4-6-11(13)16/h4-8H,1-3H3,(H2,17,18,19,20). The van der Waals surface area contributed by atoms with Crippen molar-refractivity contribution >= 4 is 40.7 Å². The molecule has 0 atom stereocenters. The Balaban J connectivity index is 2.31. The lowest BCUT2D eigenvalue weighted by atomic mass is 10.3. The van der Waals surface area contributed by atoms with Gasteiger partial charge in [-0.15, -0.1) is 0 Å². The number of hydrogen-bond donors (Lipinski definition) is 2. The first kappa shape index (κ1) is 14.9. The lowest BCUT2D eigenvalue weighted by molar-refractivity contribution is 0.885. The Morgan fingerprint density at radius 2 is 1.75 bits per heavy atom. The van der Waals surface area contributed by atoms with Gasteiger partial charge in [-0.2, -0.15) is 4.98 Å².